The molecule has 6 nitrogen and oxygen atoms in total. The van der Waals surface area contributed by atoms with Gasteiger partial charge in [0, 0.05) is 32.7 Å². The minimum Gasteiger partial charge on any atom is -0.464 e. The van der Waals surface area contributed by atoms with Gasteiger partial charge >= 0.3 is 5.97 Å². The van der Waals surface area contributed by atoms with Crippen LogP contribution in [0.15, 0.2) is 24.4 Å². The molecule has 0 aliphatic carbocycles. The minimum absolute atomic E-state index is 0.335. The largest absolute Gasteiger partial charge is 0.464 e. The van der Waals surface area contributed by atoms with Gasteiger partial charge in [-0.3, -0.25) is 9.30 Å². The topological polar surface area (TPSA) is 50.1 Å². The van der Waals surface area contributed by atoms with Gasteiger partial charge in [-0.1, -0.05) is 6.07 Å². The quantitative estimate of drug-likeness (QED) is 0.784. The average Bonchev–Trinajstić information content (AvgIpc) is 2.92. The fourth-order valence-corrected chi connectivity index (χ4v) is 2.71. The lowest BCUT2D eigenvalue weighted by Gasteiger charge is -2.32. The number of nitrogens with zero attached hydrogens (tertiary/aromatic N) is 4. The average molecular weight is 288 g/mol. The van der Waals surface area contributed by atoms with E-state index in [-0.39, 0.29) is 5.97 Å². The molecule has 3 rings (SSSR count). The monoisotopic (exact) mass is 288 g/mol. The lowest BCUT2D eigenvalue weighted by molar-refractivity contribution is 0.0591. The van der Waals surface area contributed by atoms with E-state index in [4.69, 9.17) is 4.74 Å². The molecule has 1 fully saturated rings. The third-order valence-corrected chi connectivity index (χ3v) is 3.98. The van der Waals surface area contributed by atoms with Gasteiger partial charge in [-0.2, -0.15) is 0 Å². The standard InChI is InChI=1S/C15H20N4O2/c1-17-6-8-18(9-7-17)11-12-10-16-14-5-3-4-13(19(12)14)15(20)21-2/h3-5,10H,6-9,11H2,1-2H3. The number of methoxy groups -OCH3 is 1. The van der Waals surface area contributed by atoms with Gasteiger partial charge in [-0.15, -0.1) is 0 Å². The third-order valence-electron chi connectivity index (χ3n) is 3.98. The Morgan fingerprint density at radius 1 is 1.29 bits per heavy atom. The van der Waals surface area contributed by atoms with Crippen molar-refractivity contribution in [2.24, 2.45) is 0 Å². The van der Waals surface area contributed by atoms with Crippen molar-refractivity contribution in [3.05, 3.63) is 35.8 Å². The summed E-state index contributed by atoms with van der Waals surface area (Å²) in [6.45, 7) is 5.00. The molecule has 0 radical (unpaired) electrons. The number of hydrogen-bond acceptors (Lipinski definition) is 5. The predicted molar refractivity (Wildman–Crippen MR) is 79.3 cm³/mol. The zero-order valence-electron chi connectivity index (χ0n) is 12.5. The minimum atomic E-state index is -0.335. The van der Waals surface area contributed by atoms with Crippen molar-refractivity contribution >= 4 is 11.6 Å². The number of hydrogen-bond donors (Lipinski definition) is 0. The number of piperazine rings is 1. The van der Waals surface area contributed by atoms with Gasteiger partial charge in [-0.25, -0.2) is 9.78 Å². The molecule has 2 aromatic rings. The van der Waals surface area contributed by atoms with E-state index in [0.717, 1.165) is 44.1 Å². The number of carbonyl (C=O) groups is 1. The summed E-state index contributed by atoms with van der Waals surface area (Å²) in [6, 6.07) is 5.50. The second kappa shape index (κ2) is 5.83. The van der Waals surface area contributed by atoms with Crippen LogP contribution in [0.2, 0.25) is 0 Å². The summed E-state index contributed by atoms with van der Waals surface area (Å²) >= 11 is 0. The molecule has 3 heterocycles. The number of carbonyl (C=O) groups excluding carboxylic acids is 1. The van der Waals surface area contributed by atoms with Gasteiger partial charge in [0.1, 0.15) is 11.3 Å². The highest BCUT2D eigenvalue weighted by Crippen LogP contribution is 2.14. The Morgan fingerprint density at radius 3 is 2.76 bits per heavy atom. The van der Waals surface area contributed by atoms with Crippen molar-refractivity contribution in [3.8, 4) is 0 Å². The van der Waals surface area contributed by atoms with Crippen molar-refractivity contribution in [1.29, 1.82) is 0 Å². The number of ether oxygens (including phenoxy) is 1. The van der Waals surface area contributed by atoms with E-state index in [1.165, 1.54) is 7.11 Å². The van der Waals surface area contributed by atoms with Crippen LogP contribution in [-0.4, -0.2) is 65.5 Å². The van der Waals surface area contributed by atoms with Crippen LogP contribution in [0, 0.1) is 0 Å². The maximum atomic E-state index is 11.9. The molecule has 112 valence electrons. The van der Waals surface area contributed by atoms with Gasteiger partial charge in [0.15, 0.2) is 0 Å². The van der Waals surface area contributed by atoms with Crippen LogP contribution in [0.25, 0.3) is 5.65 Å². The maximum Gasteiger partial charge on any atom is 0.355 e. The molecule has 0 amide bonds. The van der Waals surface area contributed by atoms with Crippen LogP contribution < -0.4 is 0 Å². The first kappa shape index (κ1) is 14.0. The van der Waals surface area contributed by atoms with Crippen LogP contribution in [0.1, 0.15) is 16.2 Å². The van der Waals surface area contributed by atoms with Gasteiger partial charge in [0.25, 0.3) is 0 Å². The molecular weight excluding hydrogens is 268 g/mol. The van der Waals surface area contributed by atoms with E-state index in [1.807, 2.05) is 22.7 Å². The van der Waals surface area contributed by atoms with E-state index in [1.54, 1.807) is 6.07 Å². The van der Waals surface area contributed by atoms with Crippen LogP contribution in [0.4, 0.5) is 0 Å². The smallest absolute Gasteiger partial charge is 0.355 e. The molecule has 0 saturated carbocycles. The summed E-state index contributed by atoms with van der Waals surface area (Å²) in [4.78, 5) is 21.0. The first-order chi connectivity index (χ1) is 10.2. The molecular formula is C15H20N4O2. The molecule has 6 heteroatoms. The second-order valence-corrected chi connectivity index (χ2v) is 5.43. The van der Waals surface area contributed by atoms with Crippen LogP contribution >= 0.6 is 0 Å². The molecule has 1 aliphatic heterocycles. The van der Waals surface area contributed by atoms with Gasteiger partial charge in [0.2, 0.25) is 0 Å². The zero-order chi connectivity index (χ0) is 14.8. The number of fused-ring (bicyclic) bond motifs is 1. The second-order valence-electron chi connectivity index (χ2n) is 5.43. The Morgan fingerprint density at radius 2 is 2.05 bits per heavy atom. The van der Waals surface area contributed by atoms with Gasteiger partial charge < -0.3 is 9.64 Å². The number of rotatable bonds is 3. The molecule has 0 N–H and O–H groups in total. The van der Waals surface area contributed by atoms with Crippen molar-refractivity contribution in [2.45, 2.75) is 6.54 Å². The third kappa shape index (κ3) is 2.77. The lowest BCUT2D eigenvalue weighted by Crippen LogP contribution is -2.44. The van der Waals surface area contributed by atoms with E-state index >= 15 is 0 Å². The summed E-state index contributed by atoms with van der Waals surface area (Å²) in [5, 5.41) is 0. The Bertz CT molecular complexity index is 644. The zero-order valence-corrected chi connectivity index (χ0v) is 12.5. The summed E-state index contributed by atoms with van der Waals surface area (Å²) < 4.78 is 6.76. The highest BCUT2D eigenvalue weighted by molar-refractivity contribution is 5.88. The van der Waals surface area contributed by atoms with Crippen molar-refractivity contribution in [1.82, 2.24) is 19.2 Å². The highest BCUT2D eigenvalue weighted by Gasteiger charge is 2.18. The number of pyridine rings is 1. The lowest BCUT2D eigenvalue weighted by atomic mass is 10.3. The summed E-state index contributed by atoms with van der Waals surface area (Å²) in [7, 11) is 3.54. The number of aromatic nitrogens is 2. The van der Waals surface area contributed by atoms with Crippen LogP contribution in [0.5, 0.6) is 0 Å². The van der Waals surface area contributed by atoms with E-state index in [2.05, 4.69) is 21.8 Å². The molecule has 0 unspecified atom stereocenters. The van der Waals surface area contributed by atoms with Crippen molar-refractivity contribution in [2.75, 3.05) is 40.3 Å². The van der Waals surface area contributed by atoms with E-state index in [9.17, 15) is 4.79 Å². The Kier molecular flexibility index (Phi) is 3.90. The molecule has 0 atom stereocenters. The maximum absolute atomic E-state index is 11.9. The molecule has 0 spiro atoms. The molecule has 1 aliphatic rings. The molecule has 2 aromatic heterocycles. The first-order valence-corrected chi connectivity index (χ1v) is 7.13. The van der Waals surface area contributed by atoms with Crippen LogP contribution in [0.3, 0.4) is 0 Å². The molecule has 0 bridgehead atoms. The first-order valence-electron chi connectivity index (χ1n) is 7.13. The fourth-order valence-electron chi connectivity index (χ4n) is 2.71. The van der Waals surface area contributed by atoms with E-state index in [0.29, 0.717) is 5.69 Å². The SMILES string of the molecule is COC(=O)c1cccc2ncc(CN3CCN(C)CC3)n12. The Balaban J connectivity index is 1.90. The van der Waals surface area contributed by atoms with Gasteiger partial charge in [0.05, 0.1) is 19.0 Å². The number of likely N-dealkylation sites (N-methyl/N-ethyl adjacent to an activating group) is 1. The van der Waals surface area contributed by atoms with Crippen molar-refractivity contribution in [3.63, 3.8) is 0 Å². The summed E-state index contributed by atoms with van der Waals surface area (Å²) in [6.07, 6.45) is 1.85. The molecule has 21 heavy (non-hydrogen) atoms. The van der Waals surface area contributed by atoms with Gasteiger partial charge in [-0.05, 0) is 19.2 Å². The van der Waals surface area contributed by atoms with Crippen molar-refractivity contribution < 1.29 is 9.53 Å². The summed E-state index contributed by atoms with van der Waals surface area (Å²) in [5.74, 6) is -0.335. The normalized spacial score (nSPS) is 17.2. The fraction of sp³-hybridized carbons (Fsp3) is 0.467. The number of imidazole rings is 1. The number of esters is 1. The molecule has 1 saturated heterocycles. The van der Waals surface area contributed by atoms with Crippen LogP contribution in [-0.2, 0) is 11.3 Å². The predicted octanol–water partition coefficient (Wildman–Crippen LogP) is 0.868. The Labute approximate surface area is 123 Å². The summed E-state index contributed by atoms with van der Waals surface area (Å²) in [5.41, 5.74) is 2.33. The highest BCUT2D eigenvalue weighted by atomic mass is 16.5. The van der Waals surface area contributed by atoms with E-state index < -0.39 is 0 Å². The molecule has 0 aromatic carbocycles. The Hall–Kier alpha value is -1.92.